The van der Waals surface area contributed by atoms with Gasteiger partial charge in [-0.2, -0.15) is 0 Å². The van der Waals surface area contributed by atoms with Gasteiger partial charge in [0, 0.05) is 16.5 Å². The van der Waals surface area contributed by atoms with Crippen molar-refractivity contribution in [1.29, 1.82) is 0 Å². The minimum Gasteiger partial charge on any atom is -2.00 e. The summed E-state index contributed by atoms with van der Waals surface area (Å²) in [6, 6.07) is 0. The summed E-state index contributed by atoms with van der Waals surface area (Å²) in [4.78, 5) is 0. The van der Waals surface area contributed by atoms with E-state index in [0.717, 1.165) is 0 Å². The van der Waals surface area contributed by atoms with Crippen LogP contribution in [0.1, 0.15) is 0 Å². The molecule has 6 heavy (non-hydrogen) atoms. The second-order valence-electron chi connectivity index (χ2n) is 0. The molecule has 0 spiro atoms. The van der Waals surface area contributed by atoms with Crippen LogP contribution in [0.2, 0.25) is 0 Å². The molecule has 1 radical (unpaired) electrons. The molecule has 0 bridgehead atoms. The summed E-state index contributed by atoms with van der Waals surface area (Å²) in [5.41, 5.74) is 0. The van der Waals surface area contributed by atoms with Crippen molar-refractivity contribution in [2.45, 2.75) is 0 Å². The van der Waals surface area contributed by atoms with Crippen molar-refractivity contribution in [3.63, 3.8) is 0 Å². The van der Waals surface area contributed by atoms with Crippen LogP contribution in [-0.2, 0) is 44.5 Å². The third kappa shape index (κ3) is 35.6. The Morgan fingerprint density at radius 2 is 0.667 bits per heavy atom. The Balaban J connectivity index is 0. The molecule has 0 aromatic rings. The van der Waals surface area contributed by atoms with Crippen molar-refractivity contribution in [2.24, 2.45) is 0 Å². The normalized spacial score (nSPS) is 0. The molecule has 6 heteroatoms. The van der Waals surface area contributed by atoms with E-state index in [9.17, 15) is 0 Å². The standard InChI is InChI=1S/2Li.Mn.Ni.2O/q2*+1;+2;;2*-2. The maximum atomic E-state index is 0. The van der Waals surface area contributed by atoms with Gasteiger partial charge in [0.25, 0.3) is 0 Å². The first-order valence-corrected chi connectivity index (χ1v) is 0. The predicted octanol–water partition coefficient (Wildman–Crippen LogP) is -6.23. The number of rotatable bonds is 0. The molecule has 0 aromatic carbocycles. The van der Waals surface area contributed by atoms with Gasteiger partial charge in [0.05, 0.1) is 0 Å². The molecule has 0 atom stereocenters. The van der Waals surface area contributed by atoms with Gasteiger partial charge in [-0.3, -0.25) is 0 Å². The first-order chi connectivity index (χ1) is 0. The maximum absolute atomic E-state index is 0. The Hall–Kier alpha value is 2.13. The first kappa shape index (κ1) is 91.2. The van der Waals surface area contributed by atoms with E-state index >= 15 is 0 Å². The van der Waals surface area contributed by atoms with Crippen LogP contribution in [0.3, 0.4) is 0 Å². The molecule has 0 saturated carbocycles. The molecule has 0 amide bonds. The van der Waals surface area contributed by atoms with Gasteiger partial charge in [0.1, 0.15) is 0 Å². The largest absolute Gasteiger partial charge is 2.00 e. The summed E-state index contributed by atoms with van der Waals surface area (Å²) in [6.07, 6.45) is 0. The molecule has 0 unspecified atom stereocenters. The molecular formula is Li2MnNiO2. The van der Waals surface area contributed by atoms with Crippen LogP contribution in [0.25, 0.3) is 0 Å². The van der Waals surface area contributed by atoms with Crippen LogP contribution >= 0.6 is 0 Å². The van der Waals surface area contributed by atoms with Crippen LogP contribution in [0.4, 0.5) is 0 Å². The van der Waals surface area contributed by atoms with Gasteiger partial charge >= 0.3 is 54.8 Å². The van der Waals surface area contributed by atoms with E-state index in [0.29, 0.717) is 0 Å². The van der Waals surface area contributed by atoms with Crippen LogP contribution < -0.4 is 37.7 Å². The molecule has 31 valence electrons. The van der Waals surface area contributed by atoms with Crippen molar-refractivity contribution < 1.29 is 82.2 Å². The molecule has 0 aliphatic carbocycles. The Morgan fingerprint density at radius 3 is 0.667 bits per heavy atom. The van der Waals surface area contributed by atoms with E-state index in [1.165, 1.54) is 0 Å². The van der Waals surface area contributed by atoms with Crippen LogP contribution in [-0.4, -0.2) is 0 Å². The van der Waals surface area contributed by atoms with Gasteiger partial charge in [-0.05, 0) is 0 Å². The third-order valence-corrected chi connectivity index (χ3v) is 0. The quantitative estimate of drug-likeness (QED) is 0.316. The molecular weight excluding hydrogens is 160 g/mol. The fourth-order valence-corrected chi connectivity index (χ4v) is 0. The van der Waals surface area contributed by atoms with E-state index in [1.54, 1.807) is 0 Å². The van der Waals surface area contributed by atoms with Crippen molar-refractivity contribution in [3.05, 3.63) is 0 Å². The Labute approximate surface area is 81.6 Å². The number of hydrogen-bond donors (Lipinski definition) is 0. The van der Waals surface area contributed by atoms with Gasteiger partial charge in [0.2, 0.25) is 0 Å². The summed E-state index contributed by atoms with van der Waals surface area (Å²) >= 11 is 0. The number of hydrogen-bond acceptors (Lipinski definition) is 0. The minimum absolute atomic E-state index is 0. The predicted molar refractivity (Wildman–Crippen MR) is 1.37 cm³/mol. The van der Waals surface area contributed by atoms with Crippen LogP contribution in [0.15, 0.2) is 0 Å². The molecule has 0 aliphatic rings. The fourth-order valence-electron chi connectivity index (χ4n) is 0. The molecule has 2 nitrogen and oxygen atoms in total. The van der Waals surface area contributed by atoms with Gasteiger partial charge in [-0.1, -0.05) is 0 Å². The zero-order chi connectivity index (χ0) is 0. The monoisotopic (exact) mass is 159 g/mol. The van der Waals surface area contributed by atoms with E-state index in [-0.39, 0.29) is 82.2 Å². The van der Waals surface area contributed by atoms with Gasteiger partial charge in [-0.25, -0.2) is 0 Å². The third-order valence-electron chi connectivity index (χ3n) is 0. The molecule has 0 saturated heterocycles. The van der Waals surface area contributed by atoms with Crippen molar-refractivity contribution in [2.75, 3.05) is 0 Å². The fraction of sp³-hybridized carbons (Fsp3) is 0. The van der Waals surface area contributed by atoms with E-state index in [4.69, 9.17) is 0 Å². The van der Waals surface area contributed by atoms with Crippen molar-refractivity contribution >= 4 is 0 Å². The first-order valence-electron chi connectivity index (χ1n) is 0. The maximum Gasteiger partial charge on any atom is 2.00 e. The summed E-state index contributed by atoms with van der Waals surface area (Å²) in [7, 11) is 0. The van der Waals surface area contributed by atoms with Gasteiger partial charge in [0.15, 0.2) is 0 Å². The molecule has 0 heterocycles. The SMILES string of the molecule is [Li+].[Li+].[Mn+2].[Ni].[O-2].[O-2]. The van der Waals surface area contributed by atoms with Crippen molar-refractivity contribution in [3.8, 4) is 0 Å². The van der Waals surface area contributed by atoms with Crippen molar-refractivity contribution in [1.82, 2.24) is 0 Å². The van der Waals surface area contributed by atoms with Gasteiger partial charge < -0.3 is 11.0 Å². The topological polar surface area (TPSA) is 57.0 Å². The molecule has 0 rings (SSSR count). The zero-order valence-corrected chi connectivity index (χ0v) is 5.68. The van der Waals surface area contributed by atoms with E-state index in [2.05, 4.69) is 0 Å². The van der Waals surface area contributed by atoms with Crippen LogP contribution in [0.5, 0.6) is 0 Å². The minimum atomic E-state index is 0. The van der Waals surface area contributed by atoms with Crippen LogP contribution in [0, 0.1) is 0 Å². The average Bonchev–Trinajstić information content (AvgIpc) is 0. The summed E-state index contributed by atoms with van der Waals surface area (Å²) in [5.74, 6) is 0. The average molecular weight is 160 g/mol. The van der Waals surface area contributed by atoms with E-state index in [1.807, 2.05) is 0 Å². The molecule has 0 fully saturated rings. The Morgan fingerprint density at radius 1 is 0.667 bits per heavy atom. The van der Waals surface area contributed by atoms with E-state index < -0.39 is 0 Å². The van der Waals surface area contributed by atoms with Gasteiger partial charge in [-0.15, -0.1) is 0 Å². The second kappa shape index (κ2) is 59.1. The molecule has 0 aromatic heterocycles. The molecule has 0 N–H and O–H groups in total. The molecule has 0 aliphatic heterocycles. The summed E-state index contributed by atoms with van der Waals surface area (Å²) < 4.78 is 0. The summed E-state index contributed by atoms with van der Waals surface area (Å²) in [5, 5.41) is 0. The Kier molecular flexibility index (Phi) is 899. The summed E-state index contributed by atoms with van der Waals surface area (Å²) in [6.45, 7) is 0. The smallest absolute Gasteiger partial charge is 2.00 e. The zero-order valence-electron chi connectivity index (χ0n) is 3.51. The Bertz CT molecular complexity index is 11.5. The second-order valence-corrected chi connectivity index (χ2v) is 0.